The molecule has 1 aromatic carbocycles. The molecule has 2 unspecified atom stereocenters. The fourth-order valence-electron chi connectivity index (χ4n) is 2.92. The quantitative estimate of drug-likeness (QED) is 0.825. The molecule has 6 heteroatoms. The van der Waals surface area contributed by atoms with Gasteiger partial charge in [-0.25, -0.2) is 0 Å². The number of phenolic OH excluding ortho intramolecular Hbond substituents is 2. The number of aromatic hydroxyl groups is 2. The third-order valence-electron chi connectivity index (χ3n) is 3.74. The zero-order valence-corrected chi connectivity index (χ0v) is 12.2. The van der Waals surface area contributed by atoms with Crippen LogP contribution in [0.1, 0.15) is 41.8 Å². The lowest BCUT2D eigenvalue weighted by molar-refractivity contribution is -0.119. The van der Waals surface area contributed by atoms with E-state index in [1.165, 1.54) is 27.2 Å². The van der Waals surface area contributed by atoms with E-state index in [-0.39, 0.29) is 58.7 Å². The van der Waals surface area contributed by atoms with Gasteiger partial charge in [0.05, 0.1) is 18.8 Å². The Morgan fingerprint density at radius 2 is 2.05 bits per heavy atom. The molecule has 0 spiro atoms. The Bertz CT molecular complexity index is 592. The van der Waals surface area contributed by atoms with Crippen LogP contribution in [0.3, 0.4) is 0 Å². The largest absolute Gasteiger partial charge is 0.507 e. The molecule has 1 aliphatic carbocycles. The lowest BCUT2D eigenvalue weighted by Gasteiger charge is -2.32. The molecule has 1 aromatic rings. The highest BCUT2D eigenvalue weighted by atomic mass is 16.5. The van der Waals surface area contributed by atoms with Crippen molar-refractivity contribution in [3.8, 4) is 17.2 Å². The molecule has 2 N–H and O–H groups in total. The molecule has 0 aromatic heterocycles. The zero-order chi connectivity index (χ0) is 15.7. The standard InChI is InChI=1S/C15H18O6/c1-7(16)4-8-5-9(17)12-10(18)6-11(20-2)14(19)13(12)15(8)21-3/h6,8,15,18-19H,4-5H2,1-3H3. The number of hydrogen-bond donors (Lipinski definition) is 2. The van der Waals surface area contributed by atoms with E-state index >= 15 is 0 Å². The smallest absolute Gasteiger partial charge is 0.167 e. The second kappa shape index (κ2) is 5.73. The van der Waals surface area contributed by atoms with Crippen molar-refractivity contribution in [1.29, 1.82) is 0 Å². The fraction of sp³-hybridized carbons (Fsp3) is 0.467. The van der Waals surface area contributed by atoms with Gasteiger partial charge in [0.25, 0.3) is 0 Å². The molecule has 2 atom stereocenters. The number of phenols is 2. The highest BCUT2D eigenvalue weighted by molar-refractivity contribution is 6.02. The second-order valence-corrected chi connectivity index (χ2v) is 5.19. The van der Waals surface area contributed by atoms with Gasteiger partial charge in [-0.3, -0.25) is 4.79 Å². The summed E-state index contributed by atoms with van der Waals surface area (Å²) in [5.74, 6) is -1.19. The van der Waals surface area contributed by atoms with Gasteiger partial charge in [0.2, 0.25) is 0 Å². The number of hydrogen-bond acceptors (Lipinski definition) is 6. The molecule has 2 rings (SSSR count). The van der Waals surface area contributed by atoms with Gasteiger partial charge < -0.3 is 24.5 Å². The van der Waals surface area contributed by atoms with Crippen LogP contribution in [0.4, 0.5) is 0 Å². The van der Waals surface area contributed by atoms with Gasteiger partial charge in [-0.15, -0.1) is 0 Å². The van der Waals surface area contributed by atoms with Crippen molar-refractivity contribution in [2.24, 2.45) is 5.92 Å². The van der Waals surface area contributed by atoms with Gasteiger partial charge in [0, 0.05) is 37.5 Å². The molecule has 0 bridgehead atoms. The molecule has 0 fully saturated rings. The Morgan fingerprint density at radius 1 is 1.38 bits per heavy atom. The molecule has 0 saturated heterocycles. The van der Waals surface area contributed by atoms with E-state index in [9.17, 15) is 19.8 Å². The fourth-order valence-corrected chi connectivity index (χ4v) is 2.92. The first-order valence-electron chi connectivity index (χ1n) is 6.58. The summed E-state index contributed by atoms with van der Waals surface area (Å²) in [6.07, 6.45) is -0.395. The van der Waals surface area contributed by atoms with Crippen LogP contribution in [-0.4, -0.2) is 36.0 Å². The molecule has 114 valence electrons. The van der Waals surface area contributed by atoms with Gasteiger partial charge in [-0.05, 0) is 6.92 Å². The monoisotopic (exact) mass is 294 g/mol. The maximum absolute atomic E-state index is 12.2. The van der Waals surface area contributed by atoms with E-state index in [0.29, 0.717) is 0 Å². The van der Waals surface area contributed by atoms with Crippen LogP contribution in [0.25, 0.3) is 0 Å². The SMILES string of the molecule is COc1cc(O)c2c(c1O)C(OC)C(CC(C)=O)CC2=O. The second-order valence-electron chi connectivity index (χ2n) is 5.19. The third kappa shape index (κ3) is 2.58. The minimum absolute atomic E-state index is 0.0416. The first-order valence-corrected chi connectivity index (χ1v) is 6.58. The molecule has 0 saturated carbocycles. The predicted octanol–water partition coefficient (Wildman–Crippen LogP) is 1.98. The summed E-state index contributed by atoms with van der Waals surface area (Å²) in [6.45, 7) is 1.44. The van der Waals surface area contributed by atoms with E-state index < -0.39 is 6.10 Å². The summed E-state index contributed by atoms with van der Waals surface area (Å²) in [5.41, 5.74) is 0.233. The van der Waals surface area contributed by atoms with Gasteiger partial charge in [-0.1, -0.05) is 0 Å². The van der Waals surface area contributed by atoms with Crippen molar-refractivity contribution in [2.75, 3.05) is 14.2 Å². The van der Waals surface area contributed by atoms with Crippen LogP contribution in [-0.2, 0) is 9.53 Å². The number of carbonyl (C=O) groups excluding carboxylic acids is 2. The average molecular weight is 294 g/mol. The van der Waals surface area contributed by atoms with E-state index in [0.717, 1.165) is 0 Å². The highest BCUT2D eigenvalue weighted by Gasteiger charge is 2.39. The number of methoxy groups -OCH3 is 2. The van der Waals surface area contributed by atoms with Crippen LogP contribution in [0.2, 0.25) is 0 Å². The highest BCUT2D eigenvalue weighted by Crippen LogP contribution is 2.49. The van der Waals surface area contributed by atoms with Gasteiger partial charge in [0.1, 0.15) is 11.5 Å². The van der Waals surface area contributed by atoms with Gasteiger partial charge >= 0.3 is 0 Å². The zero-order valence-electron chi connectivity index (χ0n) is 12.2. The number of ether oxygens (including phenoxy) is 2. The van der Waals surface area contributed by atoms with Crippen molar-refractivity contribution in [2.45, 2.75) is 25.9 Å². The molecule has 1 aliphatic rings. The topological polar surface area (TPSA) is 93.1 Å². The average Bonchev–Trinajstić information content (AvgIpc) is 2.41. The van der Waals surface area contributed by atoms with Crippen molar-refractivity contribution in [1.82, 2.24) is 0 Å². The van der Waals surface area contributed by atoms with Crippen molar-refractivity contribution in [3.05, 3.63) is 17.2 Å². The first-order chi connectivity index (χ1) is 9.90. The lowest BCUT2D eigenvalue weighted by Crippen LogP contribution is -2.28. The Labute approximate surface area is 122 Å². The summed E-state index contributed by atoms with van der Waals surface area (Å²) in [7, 11) is 2.79. The summed E-state index contributed by atoms with van der Waals surface area (Å²) < 4.78 is 10.4. The normalized spacial score (nSPS) is 21.0. The number of Topliss-reactive ketones (excluding diaryl/α,β-unsaturated/α-hetero) is 2. The molecule has 0 heterocycles. The summed E-state index contributed by atoms with van der Waals surface area (Å²) in [4.78, 5) is 23.6. The Kier molecular flexibility index (Phi) is 4.18. The number of ketones is 2. The molecular weight excluding hydrogens is 276 g/mol. The number of fused-ring (bicyclic) bond motifs is 1. The van der Waals surface area contributed by atoms with E-state index in [1.807, 2.05) is 0 Å². The summed E-state index contributed by atoms with van der Waals surface area (Å²) in [6, 6.07) is 1.20. The van der Waals surface area contributed by atoms with Crippen LogP contribution >= 0.6 is 0 Å². The number of rotatable bonds is 4. The van der Waals surface area contributed by atoms with Crippen molar-refractivity contribution >= 4 is 11.6 Å². The molecule has 6 nitrogen and oxygen atoms in total. The Balaban J connectivity index is 2.62. The lowest BCUT2D eigenvalue weighted by atomic mass is 9.77. The predicted molar refractivity (Wildman–Crippen MR) is 73.8 cm³/mol. The van der Waals surface area contributed by atoms with Crippen LogP contribution < -0.4 is 4.74 Å². The molecular formula is C15H18O6. The first kappa shape index (κ1) is 15.3. The summed E-state index contributed by atoms with van der Waals surface area (Å²) in [5, 5.41) is 20.3. The van der Waals surface area contributed by atoms with Crippen LogP contribution in [0.15, 0.2) is 6.07 Å². The van der Waals surface area contributed by atoms with E-state index in [1.54, 1.807) is 0 Å². The van der Waals surface area contributed by atoms with Crippen molar-refractivity contribution < 1.29 is 29.3 Å². The molecule has 21 heavy (non-hydrogen) atoms. The van der Waals surface area contributed by atoms with Crippen molar-refractivity contribution in [3.63, 3.8) is 0 Å². The van der Waals surface area contributed by atoms with E-state index in [2.05, 4.69) is 0 Å². The maximum Gasteiger partial charge on any atom is 0.167 e. The van der Waals surface area contributed by atoms with Gasteiger partial charge in [0.15, 0.2) is 17.3 Å². The van der Waals surface area contributed by atoms with Crippen LogP contribution in [0.5, 0.6) is 17.2 Å². The minimum Gasteiger partial charge on any atom is -0.507 e. The van der Waals surface area contributed by atoms with Gasteiger partial charge in [-0.2, -0.15) is 0 Å². The summed E-state index contributed by atoms with van der Waals surface area (Å²) >= 11 is 0. The minimum atomic E-state index is -0.650. The maximum atomic E-state index is 12.2. The van der Waals surface area contributed by atoms with Crippen LogP contribution in [0, 0.1) is 5.92 Å². The van der Waals surface area contributed by atoms with E-state index in [4.69, 9.17) is 9.47 Å². The molecule has 0 aliphatic heterocycles. The Hall–Kier alpha value is -2.08. The Morgan fingerprint density at radius 3 is 2.57 bits per heavy atom. The number of benzene rings is 1. The third-order valence-corrected chi connectivity index (χ3v) is 3.74. The molecule has 0 radical (unpaired) electrons. The molecule has 0 amide bonds. The number of carbonyl (C=O) groups is 2.